The average Bonchev–Trinajstić information content (AvgIpc) is 3.10. The standard InChI is InChI=1S/C12H12N4O2S/c13-6-9(7-16-12-14-3-5-19-12)11(17)15-8-10-2-1-4-18-10/h1-2,4,7H,3,5,8H2,(H,14,16)(H,15,17)/b9-7-. The number of hydrogen-bond acceptors (Lipinski definition) is 6. The maximum atomic E-state index is 11.7. The lowest BCUT2D eigenvalue weighted by atomic mass is 10.3. The number of nitrogens with zero attached hydrogens (tertiary/aromatic N) is 2. The zero-order valence-corrected chi connectivity index (χ0v) is 10.9. The number of nitriles is 1. The molecule has 1 amide bonds. The minimum atomic E-state index is -0.449. The van der Waals surface area contributed by atoms with Crippen molar-refractivity contribution >= 4 is 22.8 Å². The fourth-order valence-electron chi connectivity index (χ4n) is 1.38. The van der Waals surface area contributed by atoms with Gasteiger partial charge >= 0.3 is 0 Å². The number of nitrogens with one attached hydrogen (secondary N) is 2. The third-order valence-electron chi connectivity index (χ3n) is 2.29. The quantitative estimate of drug-likeness (QED) is 0.632. The van der Waals surface area contributed by atoms with E-state index in [9.17, 15) is 4.79 Å². The van der Waals surface area contributed by atoms with Crippen molar-refractivity contribution in [2.45, 2.75) is 6.54 Å². The molecule has 98 valence electrons. The predicted octanol–water partition coefficient (Wildman–Crippen LogP) is 0.996. The summed E-state index contributed by atoms with van der Waals surface area (Å²) in [4.78, 5) is 15.9. The van der Waals surface area contributed by atoms with Crippen molar-refractivity contribution < 1.29 is 9.21 Å². The van der Waals surface area contributed by atoms with E-state index in [0.29, 0.717) is 5.76 Å². The number of furan rings is 1. The summed E-state index contributed by atoms with van der Waals surface area (Å²) >= 11 is 1.56. The van der Waals surface area contributed by atoms with Gasteiger partial charge in [-0.3, -0.25) is 9.79 Å². The maximum Gasteiger partial charge on any atom is 0.263 e. The molecule has 0 atom stereocenters. The molecule has 1 aliphatic heterocycles. The van der Waals surface area contributed by atoms with Crippen LogP contribution in [-0.2, 0) is 11.3 Å². The maximum absolute atomic E-state index is 11.7. The molecule has 0 saturated carbocycles. The number of rotatable bonds is 4. The van der Waals surface area contributed by atoms with Gasteiger partial charge in [0, 0.05) is 12.0 Å². The van der Waals surface area contributed by atoms with Gasteiger partial charge < -0.3 is 15.1 Å². The van der Waals surface area contributed by atoms with E-state index in [0.717, 1.165) is 17.5 Å². The van der Waals surface area contributed by atoms with Crippen molar-refractivity contribution in [3.63, 3.8) is 0 Å². The highest BCUT2D eigenvalue weighted by atomic mass is 32.2. The van der Waals surface area contributed by atoms with E-state index in [1.54, 1.807) is 23.9 Å². The van der Waals surface area contributed by atoms with Gasteiger partial charge in [0.1, 0.15) is 17.4 Å². The molecule has 0 unspecified atom stereocenters. The molecular weight excluding hydrogens is 264 g/mol. The summed E-state index contributed by atoms with van der Waals surface area (Å²) in [5.74, 6) is 1.10. The summed E-state index contributed by atoms with van der Waals surface area (Å²) in [6.07, 6.45) is 2.90. The molecule has 0 bridgehead atoms. The molecular formula is C12H12N4O2S. The van der Waals surface area contributed by atoms with Crippen LogP contribution in [0.4, 0.5) is 0 Å². The van der Waals surface area contributed by atoms with Crippen LogP contribution >= 0.6 is 11.8 Å². The third kappa shape index (κ3) is 3.89. The molecule has 2 heterocycles. The van der Waals surface area contributed by atoms with Crippen LogP contribution in [0.15, 0.2) is 39.6 Å². The summed E-state index contributed by atoms with van der Waals surface area (Å²) in [6, 6.07) is 5.33. The Bertz CT molecular complexity index is 543. The van der Waals surface area contributed by atoms with Crippen molar-refractivity contribution in [1.29, 1.82) is 5.26 Å². The van der Waals surface area contributed by atoms with Gasteiger partial charge in [-0.15, -0.1) is 0 Å². The van der Waals surface area contributed by atoms with Gasteiger partial charge in [0.25, 0.3) is 5.91 Å². The molecule has 0 aliphatic carbocycles. The number of thioether (sulfide) groups is 1. The highest BCUT2D eigenvalue weighted by Gasteiger charge is 2.11. The highest BCUT2D eigenvalue weighted by molar-refractivity contribution is 8.14. The molecule has 1 aromatic rings. The van der Waals surface area contributed by atoms with E-state index in [4.69, 9.17) is 9.68 Å². The Kier molecular flexibility index (Phi) is 4.64. The SMILES string of the molecule is N#C/C(=C/NC1=NCCS1)C(=O)NCc1ccco1. The fraction of sp³-hybridized carbons (Fsp3) is 0.250. The van der Waals surface area contributed by atoms with Crippen LogP contribution in [0.1, 0.15) is 5.76 Å². The van der Waals surface area contributed by atoms with E-state index in [2.05, 4.69) is 15.6 Å². The lowest BCUT2D eigenvalue weighted by Crippen LogP contribution is -2.25. The van der Waals surface area contributed by atoms with E-state index >= 15 is 0 Å². The normalized spacial score (nSPS) is 14.7. The second-order valence-electron chi connectivity index (χ2n) is 3.61. The van der Waals surface area contributed by atoms with Gasteiger partial charge in [-0.1, -0.05) is 11.8 Å². The molecule has 2 rings (SSSR count). The summed E-state index contributed by atoms with van der Waals surface area (Å²) in [5, 5.41) is 15.1. The monoisotopic (exact) mass is 276 g/mol. The second-order valence-corrected chi connectivity index (χ2v) is 4.70. The number of amidine groups is 1. The molecule has 0 aromatic carbocycles. The molecule has 0 radical (unpaired) electrons. The minimum Gasteiger partial charge on any atom is -0.467 e. The first kappa shape index (κ1) is 13.2. The highest BCUT2D eigenvalue weighted by Crippen LogP contribution is 2.09. The van der Waals surface area contributed by atoms with Gasteiger partial charge in [0.15, 0.2) is 5.17 Å². The van der Waals surface area contributed by atoms with Crippen LogP contribution in [0, 0.1) is 11.3 Å². The molecule has 2 N–H and O–H groups in total. The predicted molar refractivity (Wildman–Crippen MR) is 72.1 cm³/mol. The Morgan fingerprint density at radius 1 is 1.68 bits per heavy atom. The number of aliphatic imine (C=N–C) groups is 1. The Balaban J connectivity index is 1.87. The number of amides is 1. The fourth-order valence-corrected chi connectivity index (χ4v) is 2.08. The molecule has 0 spiro atoms. The Morgan fingerprint density at radius 3 is 3.21 bits per heavy atom. The van der Waals surface area contributed by atoms with Crippen LogP contribution in [0.3, 0.4) is 0 Å². The van der Waals surface area contributed by atoms with E-state index in [-0.39, 0.29) is 12.1 Å². The van der Waals surface area contributed by atoms with Crippen LogP contribution < -0.4 is 10.6 Å². The van der Waals surface area contributed by atoms with Crippen LogP contribution in [-0.4, -0.2) is 23.4 Å². The van der Waals surface area contributed by atoms with Gasteiger partial charge in [0.2, 0.25) is 0 Å². The Morgan fingerprint density at radius 2 is 2.58 bits per heavy atom. The lowest BCUT2D eigenvalue weighted by Gasteiger charge is -2.03. The molecule has 19 heavy (non-hydrogen) atoms. The van der Waals surface area contributed by atoms with Gasteiger partial charge in [-0.25, -0.2) is 0 Å². The van der Waals surface area contributed by atoms with Gasteiger partial charge in [-0.2, -0.15) is 5.26 Å². The first-order valence-electron chi connectivity index (χ1n) is 5.64. The number of carbonyl (C=O) groups excluding carboxylic acids is 1. The topological polar surface area (TPSA) is 90.4 Å². The van der Waals surface area contributed by atoms with Crippen LogP contribution in [0.5, 0.6) is 0 Å². The van der Waals surface area contributed by atoms with E-state index in [1.165, 1.54) is 12.5 Å². The van der Waals surface area contributed by atoms with Gasteiger partial charge in [-0.05, 0) is 12.1 Å². The van der Waals surface area contributed by atoms with Crippen molar-refractivity contribution in [1.82, 2.24) is 10.6 Å². The molecule has 0 fully saturated rings. The van der Waals surface area contributed by atoms with Crippen LogP contribution in [0.25, 0.3) is 0 Å². The largest absolute Gasteiger partial charge is 0.467 e. The molecule has 6 nitrogen and oxygen atoms in total. The molecule has 1 aromatic heterocycles. The van der Waals surface area contributed by atoms with Crippen molar-refractivity contribution in [2.75, 3.05) is 12.3 Å². The number of hydrogen-bond donors (Lipinski definition) is 2. The molecule has 7 heteroatoms. The first-order valence-corrected chi connectivity index (χ1v) is 6.63. The Hall–Kier alpha value is -2.20. The summed E-state index contributed by atoms with van der Waals surface area (Å²) < 4.78 is 5.08. The van der Waals surface area contributed by atoms with E-state index < -0.39 is 5.91 Å². The van der Waals surface area contributed by atoms with Crippen LogP contribution in [0.2, 0.25) is 0 Å². The van der Waals surface area contributed by atoms with Gasteiger partial charge in [0.05, 0.1) is 19.4 Å². The molecule has 1 aliphatic rings. The molecule has 0 saturated heterocycles. The zero-order chi connectivity index (χ0) is 13.5. The summed E-state index contributed by atoms with van der Waals surface area (Å²) in [7, 11) is 0. The number of carbonyl (C=O) groups is 1. The van der Waals surface area contributed by atoms with E-state index in [1.807, 2.05) is 6.07 Å². The van der Waals surface area contributed by atoms with Crippen molar-refractivity contribution in [3.05, 3.63) is 35.9 Å². The summed E-state index contributed by atoms with van der Waals surface area (Å²) in [5.41, 5.74) is 0.00163. The zero-order valence-electron chi connectivity index (χ0n) is 10.0. The minimum absolute atomic E-state index is 0.00163. The van der Waals surface area contributed by atoms with Crippen molar-refractivity contribution in [2.24, 2.45) is 4.99 Å². The third-order valence-corrected chi connectivity index (χ3v) is 3.20. The second kappa shape index (κ2) is 6.66. The lowest BCUT2D eigenvalue weighted by molar-refractivity contribution is -0.117. The Labute approximate surface area is 114 Å². The summed E-state index contributed by atoms with van der Waals surface area (Å²) in [6.45, 7) is 1.01. The van der Waals surface area contributed by atoms with Crippen molar-refractivity contribution in [3.8, 4) is 6.07 Å². The smallest absolute Gasteiger partial charge is 0.263 e. The average molecular weight is 276 g/mol. The first-order chi connectivity index (χ1) is 9.29.